The fraction of sp³-hybridized carbons (Fsp3) is 0.667. The summed E-state index contributed by atoms with van der Waals surface area (Å²) in [7, 11) is 0. The van der Waals surface area contributed by atoms with Gasteiger partial charge in [0.1, 0.15) is 6.04 Å². The summed E-state index contributed by atoms with van der Waals surface area (Å²) in [5.74, 6) is -1.87. The van der Waals surface area contributed by atoms with Gasteiger partial charge in [-0.05, 0) is 6.92 Å². The number of aliphatic carboxylic acids is 1. The fourth-order valence-electron chi connectivity index (χ4n) is 0.469. The van der Waals surface area contributed by atoms with Crippen LogP contribution in [0.5, 0.6) is 0 Å². The third-order valence-corrected chi connectivity index (χ3v) is 1.49. The van der Waals surface area contributed by atoms with E-state index in [4.69, 9.17) is 22.4 Å². The van der Waals surface area contributed by atoms with E-state index in [1.165, 1.54) is 6.92 Å². The Bertz CT molecular complexity index is 184. The van der Waals surface area contributed by atoms with Crippen molar-refractivity contribution in [2.75, 3.05) is 5.88 Å². The molecule has 1 amide bonds. The van der Waals surface area contributed by atoms with Gasteiger partial charge in [0.25, 0.3) is 0 Å². The average Bonchev–Trinajstić information content (AvgIpc) is 1.98. The van der Waals surface area contributed by atoms with Crippen LogP contribution in [0.4, 0.5) is 0 Å². The number of amides is 1. The monoisotopic (exact) mass is 194 g/mol. The summed E-state index contributed by atoms with van der Waals surface area (Å²) in [6.45, 7) is 1.46. The lowest BCUT2D eigenvalue weighted by Gasteiger charge is -2.12. The molecule has 0 aliphatic rings. The second kappa shape index (κ2) is 4.95. The number of nitrogens with one attached hydrogen (secondary N) is 1. The van der Waals surface area contributed by atoms with Gasteiger partial charge < -0.3 is 16.2 Å². The Hall–Kier alpha value is -0.810. The molecule has 12 heavy (non-hydrogen) atoms. The average molecular weight is 195 g/mol. The Morgan fingerprint density at radius 3 is 2.42 bits per heavy atom. The summed E-state index contributed by atoms with van der Waals surface area (Å²) in [6, 6.07) is -1.79. The van der Waals surface area contributed by atoms with Crippen molar-refractivity contribution in [1.82, 2.24) is 5.32 Å². The highest BCUT2D eigenvalue weighted by atomic mass is 35.5. The van der Waals surface area contributed by atoms with Crippen molar-refractivity contribution < 1.29 is 14.7 Å². The largest absolute Gasteiger partial charge is 0.480 e. The molecule has 0 aliphatic heterocycles. The highest BCUT2D eigenvalue weighted by molar-refractivity contribution is 6.19. The summed E-state index contributed by atoms with van der Waals surface area (Å²) in [5.41, 5.74) is 5.19. The van der Waals surface area contributed by atoms with E-state index in [-0.39, 0.29) is 5.88 Å². The van der Waals surface area contributed by atoms with E-state index in [1.807, 2.05) is 0 Å². The van der Waals surface area contributed by atoms with Gasteiger partial charge in [-0.2, -0.15) is 0 Å². The molecule has 5 nitrogen and oxygen atoms in total. The van der Waals surface area contributed by atoms with Crippen LogP contribution in [0.2, 0.25) is 0 Å². The number of carboxylic acids is 1. The SMILES string of the molecule is C[C@@H](N)C(=O)N[C@H](CCl)C(=O)O. The topological polar surface area (TPSA) is 92.4 Å². The predicted molar refractivity (Wildman–Crippen MR) is 43.9 cm³/mol. The van der Waals surface area contributed by atoms with Crippen molar-refractivity contribution in [1.29, 1.82) is 0 Å². The molecule has 6 heteroatoms. The van der Waals surface area contributed by atoms with E-state index >= 15 is 0 Å². The molecule has 0 radical (unpaired) electrons. The number of halogens is 1. The summed E-state index contributed by atoms with van der Waals surface area (Å²) >= 11 is 5.27. The van der Waals surface area contributed by atoms with Crippen LogP contribution in [-0.2, 0) is 9.59 Å². The lowest BCUT2D eigenvalue weighted by Crippen LogP contribution is -2.48. The van der Waals surface area contributed by atoms with Crippen LogP contribution < -0.4 is 11.1 Å². The highest BCUT2D eigenvalue weighted by Crippen LogP contribution is 1.89. The van der Waals surface area contributed by atoms with Gasteiger partial charge in [0, 0.05) is 0 Å². The molecule has 4 N–H and O–H groups in total. The Kier molecular flexibility index (Phi) is 4.61. The lowest BCUT2D eigenvalue weighted by atomic mass is 10.3. The fourth-order valence-corrected chi connectivity index (χ4v) is 0.679. The standard InChI is InChI=1S/C6H11ClN2O3/c1-3(8)5(10)9-4(2-7)6(11)12/h3-4H,2,8H2,1H3,(H,9,10)(H,11,12)/t3-,4-/m1/s1. The minimum Gasteiger partial charge on any atom is -0.480 e. The zero-order valence-electron chi connectivity index (χ0n) is 6.58. The zero-order valence-corrected chi connectivity index (χ0v) is 7.34. The normalized spacial score (nSPS) is 14.9. The first-order chi connectivity index (χ1) is 5.49. The van der Waals surface area contributed by atoms with Crippen LogP contribution in [0.3, 0.4) is 0 Å². The molecule has 0 unspecified atom stereocenters. The van der Waals surface area contributed by atoms with Gasteiger partial charge in [-0.3, -0.25) is 4.79 Å². The van der Waals surface area contributed by atoms with Crippen molar-refractivity contribution >= 4 is 23.5 Å². The zero-order chi connectivity index (χ0) is 9.72. The van der Waals surface area contributed by atoms with E-state index < -0.39 is 24.0 Å². The maximum Gasteiger partial charge on any atom is 0.327 e. The van der Waals surface area contributed by atoms with E-state index in [2.05, 4.69) is 5.32 Å². The van der Waals surface area contributed by atoms with Crippen molar-refractivity contribution in [3.05, 3.63) is 0 Å². The second-order valence-corrected chi connectivity index (χ2v) is 2.65. The third kappa shape index (κ3) is 3.54. The molecule has 0 aromatic heterocycles. The van der Waals surface area contributed by atoms with Crippen LogP contribution in [0.15, 0.2) is 0 Å². The molecular weight excluding hydrogens is 184 g/mol. The molecule has 2 atom stereocenters. The molecule has 0 saturated heterocycles. The quantitative estimate of drug-likeness (QED) is 0.508. The Morgan fingerprint density at radius 1 is 1.67 bits per heavy atom. The summed E-state index contributed by atoms with van der Waals surface area (Å²) < 4.78 is 0. The number of nitrogens with two attached hydrogens (primary N) is 1. The molecule has 0 saturated carbocycles. The number of carbonyl (C=O) groups is 2. The summed E-state index contributed by atoms with van der Waals surface area (Å²) in [5, 5.41) is 10.6. The highest BCUT2D eigenvalue weighted by Gasteiger charge is 2.19. The van der Waals surface area contributed by atoms with Gasteiger partial charge in [-0.15, -0.1) is 11.6 Å². The van der Waals surface area contributed by atoms with Crippen molar-refractivity contribution in [2.24, 2.45) is 5.73 Å². The first-order valence-electron chi connectivity index (χ1n) is 3.33. The lowest BCUT2D eigenvalue weighted by molar-refractivity contribution is -0.141. The van der Waals surface area contributed by atoms with Gasteiger partial charge in [0.15, 0.2) is 0 Å². The number of alkyl halides is 1. The van der Waals surface area contributed by atoms with Gasteiger partial charge in [0.05, 0.1) is 11.9 Å². The predicted octanol–water partition coefficient (Wildman–Crippen LogP) is -0.858. The number of hydrogen-bond donors (Lipinski definition) is 3. The molecular formula is C6H11ClN2O3. The van der Waals surface area contributed by atoms with E-state index in [9.17, 15) is 9.59 Å². The van der Waals surface area contributed by atoms with Crippen LogP contribution in [0.1, 0.15) is 6.92 Å². The number of hydrogen-bond acceptors (Lipinski definition) is 3. The molecule has 0 bridgehead atoms. The van der Waals surface area contributed by atoms with Crippen LogP contribution in [0.25, 0.3) is 0 Å². The molecule has 0 aromatic rings. The van der Waals surface area contributed by atoms with Gasteiger partial charge in [-0.25, -0.2) is 4.79 Å². The van der Waals surface area contributed by atoms with Crippen LogP contribution in [-0.4, -0.2) is 34.9 Å². The van der Waals surface area contributed by atoms with Crippen LogP contribution >= 0.6 is 11.6 Å². The van der Waals surface area contributed by atoms with Gasteiger partial charge in [0.2, 0.25) is 5.91 Å². The van der Waals surface area contributed by atoms with Gasteiger partial charge >= 0.3 is 5.97 Å². The van der Waals surface area contributed by atoms with E-state index in [0.717, 1.165) is 0 Å². The summed E-state index contributed by atoms with van der Waals surface area (Å²) in [4.78, 5) is 21.2. The first kappa shape index (κ1) is 11.2. The van der Waals surface area contributed by atoms with Crippen molar-refractivity contribution in [3.63, 3.8) is 0 Å². The molecule has 0 fully saturated rings. The Balaban J connectivity index is 4.03. The molecule has 0 aromatic carbocycles. The van der Waals surface area contributed by atoms with Gasteiger partial charge in [-0.1, -0.05) is 0 Å². The second-order valence-electron chi connectivity index (χ2n) is 2.34. The molecule has 0 spiro atoms. The first-order valence-corrected chi connectivity index (χ1v) is 3.87. The Labute approximate surface area is 74.9 Å². The van der Waals surface area contributed by atoms with E-state index in [0.29, 0.717) is 0 Å². The molecule has 0 rings (SSSR count). The number of carboxylic acid groups (broad SMARTS) is 1. The minimum atomic E-state index is -1.17. The molecule has 70 valence electrons. The molecule has 0 aliphatic carbocycles. The minimum absolute atomic E-state index is 0.173. The smallest absolute Gasteiger partial charge is 0.327 e. The van der Waals surface area contributed by atoms with Crippen molar-refractivity contribution in [2.45, 2.75) is 19.0 Å². The van der Waals surface area contributed by atoms with Crippen LogP contribution in [0, 0.1) is 0 Å². The van der Waals surface area contributed by atoms with Crippen molar-refractivity contribution in [3.8, 4) is 0 Å². The van der Waals surface area contributed by atoms with E-state index in [1.54, 1.807) is 0 Å². The number of rotatable bonds is 4. The third-order valence-electron chi connectivity index (χ3n) is 1.18. The Morgan fingerprint density at radius 2 is 2.17 bits per heavy atom. The summed E-state index contributed by atoms with van der Waals surface area (Å²) in [6.07, 6.45) is 0. The maximum absolute atomic E-state index is 10.9. The molecule has 0 heterocycles. The number of carbonyl (C=O) groups excluding carboxylic acids is 1. The maximum atomic E-state index is 10.9.